The highest BCUT2D eigenvalue weighted by molar-refractivity contribution is 6.27. The first-order valence-electron chi connectivity index (χ1n) is 9.35. The van der Waals surface area contributed by atoms with Crippen molar-refractivity contribution in [2.24, 2.45) is 0 Å². The minimum Gasteiger partial charge on any atom is -0.496 e. The van der Waals surface area contributed by atoms with Crippen LogP contribution in [0.4, 0.5) is 5.69 Å². The molecule has 0 atom stereocenters. The summed E-state index contributed by atoms with van der Waals surface area (Å²) in [6.07, 6.45) is 0.672. The van der Waals surface area contributed by atoms with Gasteiger partial charge in [0.15, 0.2) is 0 Å². The highest BCUT2D eigenvalue weighted by Crippen LogP contribution is 2.30. The number of anilines is 1. The van der Waals surface area contributed by atoms with Crippen LogP contribution in [0, 0.1) is 0 Å². The third-order valence-corrected chi connectivity index (χ3v) is 4.69. The zero-order chi connectivity index (χ0) is 20.8. The molecule has 3 rings (SSSR count). The lowest BCUT2D eigenvalue weighted by molar-refractivity contribution is 0.0894. The summed E-state index contributed by atoms with van der Waals surface area (Å²) in [6.45, 7) is 1.98. The van der Waals surface area contributed by atoms with E-state index in [-0.39, 0.29) is 0 Å². The smallest absolute Gasteiger partial charge is 0.269 e. The maximum Gasteiger partial charge on any atom is 0.269 e. The first-order valence-corrected chi connectivity index (χ1v) is 9.35. The zero-order valence-corrected chi connectivity index (χ0v) is 16.7. The van der Waals surface area contributed by atoms with E-state index >= 15 is 0 Å². The summed E-state index contributed by atoms with van der Waals surface area (Å²) in [4.78, 5) is 28.4. The summed E-state index contributed by atoms with van der Waals surface area (Å²) in [5.74, 6) is -0.105. The van der Waals surface area contributed by atoms with Gasteiger partial charge in [0.1, 0.15) is 11.5 Å². The van der Waals surface area contributed by atoms with E-state index in [9.17, 15) is 9.59 Å². The van der Waals surface area contributed by atoms with E-state index in [2.05, 4.69) is 0 Å². The molecule has 0 saturated carbocycles. The first kappa shape index (κ1) is 20.1. The summed E-state index contributed by atoms with van der Waals surface area (Å²) in [5.41, 5.74) is 2.05. The van der Waals surface area contributed by atoms with Crippen molar-refractivity contribution in [3.63, 3.8) is 0 Å². The molecule has 0 aliphatic rings. The Balaban J connectivity index is 2.19. The topological polar surface area (TPSA) is 55.8 Å². The average molecular weight is 389 g/mol. The van der Waals surface area contributed by atoms with Crippen LogP contribution in [-0.2, 0) is 6.42 Å². The number of ether oxygens (including phenoxy) is 2. The van der Waals surface area contributed by atoms with Gasteiger partial charge in [-0.3, -0.25) is 9.59 Å². The Kier molecular flexibility index (Phi) is 6.29. The van der Waals surface area contributed by atoms with Crippen molar-refractivity contribution < 1.29 is 19.1 Å². The molecular formula is C24H23NO4. The third kappa shape index (κ3) is 3.99. The molecule has 0 fully saturated rings. The standard InChI is InChI=1S/C24H23NO4/c1-4-17-11-5-8-14-20(17)25(23(26)18-12-6-9-15-21(18)28-2)24(27)19-13-7-10-16-22(19)29-3/h5-16H,4H2,1-3H3. The predicted molar refractivity (Wildman–Crippen MR) is 113 cm³/mol. The SMILES string of the molecule is CCc1ccccc1N(C(=O)c1ccccc1OC)C(=O)c1ccccc1OC. The van der Waals surface area contributed by atoms with Crippen LogP contribution in [0.25, 0.3) is 0 Å². The molecule has 0 heterocycles. The molecule has 5 nitrogen and oxygen atoms in total. The molecule has 0 radical (unpaired) electrons. The van der Waals surface area contributed by atoms with Gasteiger partial charge in [-0.25, -0.2) is 4.90 Å². The fourth-order valence-electron chi connectivity index (χ4n) is 3.22. The minimum absolute atomic E-state index is 0.309. The lowest BCUT2D eigenvalue weighted by Crippen LogP contribution is -2.38. The Bertz CT molecular complexity index is 969. The molecule has 0 aliphatic carbocycles. The van der Waals surface area contributed by atoms with E-state index in [0.717, 1.165) is 5.56 Å². The largest absolute Gasteiger partial charge is 0.496 e. The average Bonchev–Trinajstić information content (AvgIpc) is 2.79. The van der Waals surface area contributed by atoms with E-state index in [1.807, 2.05) is 25.1 Å². The summed E-state index contributed by atoms with van der Waals surface area (Å²) < 4.78 is 10.7. The van der Waals surface area contributed by atoms with E-state index in [0.29, 0.717) is 34.7 Å². The summed E-state index contributed by atoms with van der Waals surface area (Å²) in [5, 5.41) is 0. The lowest BCUT2D eigenvalue weighted by Gasteiger charge is -2.25. The van der Waals surface area contributed by atoms with E-state index in [4.69, 9.17) is 9.47 Å². The van der Waals surface area contributed by atoms with Gasteiger partial charge in [0.05, 0.1) is 31.0 Å². The number of hydrogen-bond donors (Lipinski definition) is 0. The van der Waals surface area contributed by atoms with Crippen LogP contribution in [0.2, 0.25) is 0 Å². The fraction of sp³-hybridized carbons (Fsp3) is 0.167. The first-order chi connectivity index (χ1) is 14.1. The maximum absolute atomic E-state index is 13.6. The van der Waals surface area contributed by atoms with Gasteiger partial charge < -0.3 is 9.47 Å². The quantitative estimate of drug-likeness (QED) is 0.571. The molecular weight excluding hydrogens is 366 g/mol. The number of methoxy groups -OCH3 is 2. The number of aryl methyl sites for hydroxylation is 1. The monoisotopic (exact) mass is 389 g/mol. The normalized spacial score (nSPS) is 10.3. The van der Waals surface area contributed by atoms with Gasteiger partial charge in [-0.05, 0) is 42.3 Å². The molecule has 148 valence electrons. The van der Waals surface area contributed by atoms with Crippen LogP contribution in [0.1, 0.15) is 33.2 Å². The number of carbonyl (C=O) groups is 2. The van der Waals surface area contributed by atoms with Crippen molar-refractivity contribution in [2.45, 2.75) is 13.3 Å². The number of rotatable bonds is 6. The van der Waals surface area contributed by atoms with Crippen molar-refractivity contribution in [3.05, 3.63) is 89.5 Å². The highest BCUT2D eigenvalue weighted by Gasteiger charge is 2.30. The number of amides is 2. The molecule has 0 unspecified atom stereocenters. The minimum atomic E-state index is -0.459. The second-order valence-corrected chi connectivity index (χ2v) is 6.33. The molecule has 3 aromatic rings. The highest BCUT2D eigenvalue weighted by atomic mass is 16.5. The number of imide groups is 1. The van der Waals surface area contributed by atoms with Crippen LogP contribution < -0.4 is 14.4 Å². The molecule has 29 heavy (non-hydrogen) atoms. The van der Waals surface area contributed by atoms with E-state index < -0.39 is 11.8 Å². The van der Waals surface area contributed by atoms with Crippen molar-refractivity contribution in [3.8, 4) is 11.5 Å². The number of para-hydroxylation sites is 3. The molecule has 0 saturated heterocycles. The molecule has 0 spiro atoms. The van der Waals surface area contributed by atoms with Gasteiger partial charge in [-0.15, -0.1) is 0 Å². The Morgan fingerprint density at radius 1 is 0.724 bits per heavy atom. The van der Waals surface area contributed by atoms with Gasteiger partial charge in [-0.1, -0.05) is 49.4 Å². The van der Waals surface area contributed by atoms with E-state index in [1.54, 1.807) is 54.6 Å². The molecule has 5 heteroatoms. The van der Waals surface area contributed by atoms with E-state index in [1.165, 1.54) is 19.1 Å². The van der Waals surface area contributed by atoms with Gasteiger partial charge in [0, 0.05) is 0 Å². The maximum atomic E-state index is 13.6. The number of hydrogen-bond acceptors (Lipinski definition) is 4. The zero-order valence-electron chi connectivity index (χ0n) is 16.7. The van der Waals surface area contributed by atoms with Crippen molar-refractivity contribution in [1.29, 1.82) is 0 Å². The van der Waals surface area contributed by atoms with Gasteiger partial charge in [0.2, 0.25) is 0 Å². The van der Waals surface area contributed by atoms with Crippen LogP contribution >= 0.6 is 0 Å². The Labute approximate surface area is 170 Å². The van der Waals surface area contributed by atoms with Crippen LogP contribution in [0.3, 0.4) is 0 Å². The third-order valence-electron chi connectivity index (χ3n) is 4.69. The summed E-state index contributed by atoms with van der Waals surface area (Å²) >= 11 is 0. The summed E-state index contributed by atoms with van der Waals surface area (Å²) in [7, 11) is 3.00. The van der Waals surface area contributed by atoms with Crippen molar-refractivity contribution in [2.75, 3.05) is 19.1 Å². The van der Waals surface area contributed by atoms with Gasteiger partial charge in [-0.2, -0.15) is 0 Å². The van der Waals surface area contributed by atoms with Gasteiger partial charge >= 0.3 is 0 Å². The number of carbonyl (C=O) groups excluding carboxylic acids is 2. The molecule has 2 amide bonds. The fourth-order valence-corrected chi connectivity index (χ4v) is 3.22. The second kappa shape index (κ2) is 9.06. The number of nitrogens with zero attached hydrogens (tertiary/aromatic N) is 1. The predicted octanol–water partition coefficient (Wildman–Crippen LogP) is 4.75. The Morgan fingerprint density at radius 3 is 1.66 bits per heavy atom. The summed E-state index contributed by atoms with van der Waals surface area (Å²) in [6, 6.07) is 21.1. The van der Waals surface area contributed by atoms with Crippen LogP contribution in [0.5, 0.6) is 11.5 Å². The van der Waals surface area contributed by atoms with Crippen molar-refractivity contribution >= 4 is 17.5 Å². The van der Waals surface area contributed by atoms with Crippen LogP contribution in [-0.4, -0.2) is 26.0 Å². The molecule has 0 bridgehead atoms. The molecule has 3 aromatic carbocycles. The van der Waals surface area contributed by atoms with Crippen LogP contribution in [0.15, 0.2) is 72.8 Å². The second-order valence-electron chi connectivity index (χ2n) is 6.33. The Morgan fingerprint density at radius 2 is 1.17 bits per heavy atom. The Hall–Kier alpha value is -3.60. The van der Waals surface area contributed by atoms with Gasteiger partial charge in [0.25, 0.3) is 11.8 Å². The molecule has 0 aliphatic heterocycles. The molecule has 0 N–H and O–H groups in total. The lowest BCUT2D eigenvalue weighted by atomic mass is 10.1. The van der Waals surface area contributed by atoms with Crippen molar-refractivity contribution in [1.82, 2.24) is 0 Å². The molecule has 0 aromatic heterocycles. The number of benzene rings is 3.